The van der Waals surface area contributed by atoms with E-state index < -0.39 is 0 Å². The zero-order valence-corrected chi connectivity index (χ0v) is 12.9. The molecular weight excluding hydrogens is 250 g/mol. The summed E-state index contributed by atoms with van der Waals surface area (Å²) in [5.74, 6) is 1.98. The van der Waals surface area contributed by atoms with Crippen LogP contribution < -0.4 is 10.2 Å². The lowest BCUT2D eigenvalue weighted by molar-refractivity contribution is 0.199. The summed E-state index contributed by atoms with van der Waals surface area (Å²) in [5, 5.41) is 3.41. The van der Waals surface area contributed by atoms with Crippen LogP contribution in [0.3, 0.4) is 0 Å². The Kier molecular flexibility index (Phi) is 5.80. The average Bonchev–Trinajstić information content (AvgIpc) is 2.44. The fraction of sp³-hybridized carbons (Fsp3) is 0.688. The lowest BCUT2D eigenvalue weighted by Crippen LogP contribution is -2.41. The van der Waals surface area contributed by atoms with E-state index in [1.54, 1.807) is 7.11 Å². The molecule has 0 aromatic carbocycles. The van der Waals surface area contributed by atoms with Gasteiger partial charge in [-0.1, -0.05) is 13.0 Å². The second-order valence-corrected chi connectivity index (χ2v) is 5.83. The Morgan fingerprint density at radius 3 is 3.05 bits per heavy atom. The van der Waals surface area contributed by atoms with Crippen molar-refractivity contribution in [2.45, 2.75) is 39.3 Å². The van der Waals surface area contributed by atoms with Gasteiger partial charge in [-0.15, -0.1) is 0 Å². The zero-order chi connectivity index (χ0) is 14.4. The molecule has 4 heteroatoms. The number of ether oxygens (including phenoxy) is 1. The molecule has 1 N–H and O–H groups in total. The highest BCUT2D eigenvalue weighted by Crippen LogP contribution is 2.28. The van der Waals surface area contributed by atoms with E-state index in [1.165, 1.54) is 18.4 Å². The van der Waals surface area contributed by atoms with Crippen LogP contribution >= 0.6 is 0 Å². The maximum atomic E-state index is 5.07. The maximum absolute atomic E-state index is 5.07. The number of pyridine rings is 1. The third kappa shape index (κ3) is 3.93. The van der Waals surface area contributed by atoms with Gasteiger partial charge in [0.25, 0.3) is 0 Å². The Labute approximate surface area is 122 Å². The second kappa shape index (κ2) is 7.60. The van der Waals surface area contributed by atoms with Gasteiger partial charge in [0, 0.05) is 44.5 Å². The molecule has 1 aliphatic rings. The summed E-state index contributed by atoms with van der Waals surface area (Å²) in [4.78, 5) is 7.10. The molecular formula is C16H27N3O. The molecule has 2 heterocycles. The third-order valence-corrected chi connectivity index (χ3v) is 4.08. The van der Waals surface area contributed by atoms with Gasteiger partial charge in [0.15, 0.2) is 0 Å². The van der Waals surface area contributed by atoms with E-state index in [2.05, 4.69) is 35.1 Å². The normalized spacial score (nSPS) is 23.1. The molecule has 1 saturated heterocycles. The van der Waals surface area contributed by atoms with Crippen molar-refractivity contribution in [3.8, 4) is 0 Å². The molecule has 112 valence electrons. The highest BCUT2D eigenvalue weighted by Gasteiger charge is 2.25. The van der Waals surface area contributed by atoms with Crippen LogP contribution in [0, 0.1) is 5.92 Å². The van der Waals surface area contributed by atoms with Gasteiger partial charge in [0.2, 0.25) is 0 Å². The first kappa shape index (κ1) is 15.3. The van der Waals surface area contributed by atoms with Crippen molar-refractivity contribution < 1.29 is 4.74 Å². The minimum atomic E-state index is 0.575. The van der Waals surface area contributed by atoms with Gasteiger partial charge in [0.1, 0.15) is 5.82 Å². The number of aromatic nitrogens is 1. The number of methoxy groups -OCH3 is 1. The minimum absolute atomic E-state index is 0.575. The smallest absolute Gasteiger partial charge is 0.133 e. The quantitative estimate of drug-likeness (QED) is 0.811. The van der Waals surface area contributed by atoms with Gasteiger partial charge in [0.05, 0.1) is 6.61 Å². The van der Waals surface area contributed by atoms with Crippen molar-refractivity contribution in [3.05, 3.63) is 23.9 Å². The zero-order valence-electron chi connectivity index (χ0n) is 12.9. The highest BCUT2D eigenvalue weighted by atomic mass is 16.5. The molecule has 2 atom stereocenters. The van der Waals surface area contributed by atoms with Crippen LogP contribution in [0.15, 0.2) is 18.3 Å². The van der Waals surface area contributed by atoms with Crippen molar-refractivity contribution in [2.24, 2.45) is 5.92 Å². The van der Waals surface area contributed by atoms with E-state index >= 15 is 0 Å². The summed E-state index contributed by atoms with van der Waals surface area (Å²) in [7, 11) is 1.73. The summed E-state index contributed by atoms with van der Waals surface area (Å²) < 4.78 is 5.07. The van der Waals surface area contributed by atoms with Crippen molar-refractivity contribution in [1.29, 1.82) is 0 Å². The van der Waals surface area contributed by atoms with Crippen LogP contribution in [0.5, 0.6) is 0 Å². The summed E-state index contributed by atoms with van der Waals surface area (Å²) in [6, 6.07) is 4.77. The molecule has 2 unspecified atom stereocenters. The molecule has 20 heavy (non-hydrogen) atoms. The number of nitrogens with one attached hydrogen (secondary N) is 1. The van der Waals surface area contributed by atoms with Crippen molar-refractivity contribution >= 4 is 5.82 Å². The first-order valence-corrected chi connectivity index (χ1v) is 7.62. The largest absolute Gasteiger partial charge is 0.383 e. The van der Waals surface area contributed by atoms with E-state index in [4.69, 9.17) is 4.74 Å². The van der Waals surface area contributed by atoms with Crippen molar-refractivity contribution in [3.63, 3.8) is 0 Å². The molecule has 0 radical (unpaired) electrons. The van der Waals surface area contributed by atoms with Crippen LogP contribution in [0.25, 0.3) is 0 Å². The molecule has 4 nitrogen and oxygen atoms in total. The van der Waals surface area contributed by atoms with Gasteiger partial charge < -0.3 is 15.0 Å². The summed E-state index contributed by atoms with van der Waals surface area (Å²) in [6.07, 6.45) is 4.42. The van der Waals surface area contributed by atoms with Crippen LogP contribution in [0.2, 0.25) is 0 Å². The predicted molar refractivity (Wildman–Crippen MR) is 83.0 cm³/mol. The van der Waals surface area contributed by atoms with E-state index in [0.717, 1.165) is 38.0 Å². The number of rotatable bonds is 6. The summed E-state index contributed by atoms with van der Waals surface area (Å²) in [5.41, 5.74) is 1.28. The van der Waals surface area contributed by atoms with Crippen LogP contribution in [0.4, 0.5) is 5.82 Å². The minimum Gasteiger partial charge on any atom is -0.383 e. The van der Waals surface area contributed by atoms with Crippen LogP contribution in [-0.4, -0.2) is 37.8 Å². The van der Waals surface area contributed by atoms with E-state index in [-0.39, 0.29) is 0 Å². The third-order valence-electron chi connectivity index (χ3n) is 4.08. The molecule has 1 aromatic rings. The summed E-state index contributed by atoms with van der Waals surface area (Å²) >= 11 is 0. The Bertz CT molecular complexity index is 410. The van der Waals surface area contributed by atoms with Gasteiger partial charge in [-0.25, -0.2) is 4.98 Å². The number of piperidine rings is 1. The van der Waals surface area contributed by atoms with Gasteiger partial charge in [-0.05, 0) is 31.7 Å². The molecule has 2 rings (SSSR count). The molecule has 0 amide bonds. The van der Waals surface area contributed by atoms with Gasteiger partial charge in [-0.2, -0.15) is 0 Å². The molecule has 1 aromatic heterocycles. The fourth-order valence-electron chi connectivity index (χ4n) is 2.95. The number of anilines is 1. The molecule has 1 aliphatic heterocycles. The van der Waals surface area contributed by atoms with Crippen LogP contribution in [0.1, 0.15) is 32.3 Å². The first-order chi connectivity index (χ1) is 9.72. The SMILES string of the molecule is COCCNCc1cccnc1N1CCC(C)CC1C. The lowest BCUT2D eigenvalue weighted by Gasteiger charge is -2.38. The lowest BCUT2D eigenvalue weighted by atomic mass is 9.93. The number of hydrogen-bond acceptors (Lipinski definition) is 4. The van der Waals surface area contributed by atoms with E-state index in [1.807, 2.05) is 12.3 Å². The van der Waals surface area contributed by atoms with Gasteiger partial charge in [-0.3, -0.25) is 0 Å². The van der Waals surface area contributed by atoms with Crippen LogP contribution in [-0.2, 0) is 11.3 Å². The topological polar surface area (TPSA) is 37.4 Å². The average molecular weight is 277 g/mol. The molecule has 0 spiro atoms. The fourth-order valence-corrected chi connectivity index (χ4v) is 2.95. The molecule has 0 bridgehead atoms. The molecule has 0 aliphatic carbocycles. The number of hydrogen-bond donors (Lipinski definition) is 1. The van der Waals surface area contributed by atoms with Crippen molar-refractivity contribution in [2.75, 3.05) is 31.7 Å². The number of nitrogens with zero attached hydrogens (tertiary/aromatic N) is 2. The summed E-state index contributed by atoms with van der Waals surface area (Å²) in [6.45, 7) is 8.24. The first-order valence-electron chi connectivity index (χ1n) is 7.62. The Morgan fingerprint density at radius 1 is 1.45 bits per heavy atom. The predicted octanol–water partition coefficient (Wildman–Crippen LogP) is 2.44. The molecule has 0 saturated carbocycles. The highest BCUT2D eigenvalue weighted by molar-refractivity contribution is 5.48. The Balaban J connectivity index is 2.03. The van der Waals surface area contributed by atoms with Gasteiger partial charge >= 0.3 is 0 Å². The Morgan fingerprint density at radius 2 is 2.30 bits per heavy atom. The standard InChI is InChI=1S/C16H27N3O/c1-13-6-9-19(14(2)11-13)16-15(5-4-7-18-16)12-17-8-10-20-3/h4-5,7,13-14,17H,6,8-12H2,1-3H3. The second-order valence-electron chi connectivity index (χ2n) is 5.83. The van der Waals surface area contributed by atoms with E-state index in [9.17, 15) is 0 Å². The molecule has 1 fully saturated rings. The van der Waals surface area contributed by atoms with E-state index in [0.29, 0.717) is 6.04 Å². The maximum Gasteiger partial charge on any atom is 0.133 e. The monoisotopic (exact) mass is 277 g/mol. The Hall–Kier alpha value is -1.13. The van der Waals surface area contributed by atoms with Crippen molar-refractivity contribution in [1.82, 2.24) is 10.3 Å².